The van der Waals surface area contributed by atoms with Crippen LogP contribution in [0.4, 0.5) is 5.69 Å². The van der Waals surface area contributed by atoms with Crippen molar-refractivity contribution in [3.8, 4) is 0 Å². The fraction of sp³-hybridized carbons (Fsp3) is 0.276. The number of fused-ring (bicyclic) bond motifs is 1. The number of para-hydroxylation sites is 1. The molecule has 1 amide bonds. The average Bonchev–Trinajstić information content (AvgIpc) is 3.21. The van der Waals surface area contributed by atoms with Crippen LogP contribution in [-0.4, -0.2) is 41.6 Å². The fourth-order valence-corrected chi connectivity index (χ4v) is 5.30. The molecule has 1 atom stereocenters. The molecule has 1 aliphatic rings. The van der Waals surface area contributed by atoms with Crippen LogP contribution >= 0.6 is 11.6 Å². The van der Waals surface area contributed by atoms with E-state index in [1.165, 1.54) is 22.0 Å². The Labute approximate surface area is 206 Å². The van der Waals surface area contributed by atoms with E-state index in [2.05, 4.69) is 77.3 Å². The third-order valence-corrected chi connectivity index (χ3v) is 7.15. The Hall–Kier alpha value is -3.24. The van der Waals surface area contributed by atoms with Gasteiger partial charge in [0.15, 0.2) is 0 Å². The molecule has 4 nitrogen and oxygen atoms in total. The first-order chi connectivity index (χ1) is 16.6. The van der Waals surface area contributed by atoms with E-state index in [4.69, 9.17) is 11.6 Å². The third kappa shape index (κ3) is 4.83. The summed E-state index contributed by atoms with van der Waals surface area (Å²) in [5.41, 5.74) is 4.85. The van der Waals surface area contributed by atoms with Gasteiger partial charge in [-0.05, 0) is 47.7 Å². The lowest BCUT2D eigenvalue weighted by Crippen LogP contribution is -2.49. The molecule has 0 bridgehead atoms. The maximum atomic E-state index is 13.5. The summed E-state index contributed by atoms with van der Waals surface area (Å²) in [4.78, 5) is 17.8. The van der Waals surface area contributed by atoms with Crippen LogP contribution < -0.4 is 4.90 Å². The molecule has 0 N–H and O–H groups in total. The number of carbonyl (C=O) groups excluding carboxylic acids is 1. The fourth-order valence-electron chi connectivity index (χ4n) is 5.12. The third-order valence-electron chi connectivity index (χ3n) is 6.92. The van der Waals surface area contributed by atoms with E-state index in [0.717, 1.165) is 43.3 Å². The minimum Gasteiger partial charge on any atom is -0.368 e. The molecule has 1 aromatic heterocycles. The zero-order valence-electron chi connectivity index (χ0n) is 19.5. The van der Waals surface area contributed by atoms with E-state index in [0.29, 0.717) is 6.42 Å². The van der Waals surface area contributed by atoms with Gasteiger partial charge in [0.05, 0.1) is 0 Å². The van der Waals surface area contributed by atoms with Crippen LogP contribution in [0.15, 0.2) is 85.1 Å². The first kappa shape index (κ1) is 22.5. The highest BCUT2D eigenvalue weighted by Crippen LogP contribution is 2.33. The Bertz CT molecular complexity index is 1280. The molecule has 3 aromatic carbocycles. The normalized spacial score (nSPS) is 15.0. The number of hydrogen-bond donors (Lipinski definition) is 0. The number of piperazine rings is 1. The number of anilines is 1. The minimum absolute atomic E-state index is 0.131. The summed E-state index contributed by atoms with van der Waals surface area (Å²) in [6.07, 6.45) is 3.58. The molecule has 2 heterocycles. The minimum atomic E-state index is 0.131. The van der Waals surface area contributed by atoms with Crippen molar-refractivity contribution >= 4 is 34.1 Å². The van der Waals surface area contributed by atoms with Crippen LogP contribution in [-0.2, 0) is 18.3 Å². The Morgan fingerprint density at radius 2 is 1.65 bits per heavy atom. The predicted molar refractivity (Wildman–Crippen MR) is 141 cm³/mol. The predicted octanol–water partition coefficient (Wildman–Crippen LogP) is 5.90. The molecule has 5 heteroatoms. The number of carbonyl (C=O) groups is 1. The first-order valence-corrected chi connectivity index (χ1v) is 12.3. The Morgan fingerprint density at radius 1 is 0.912 bits per heavy atom. The highest BCUT2D eigenvalue weighted by molar-refractivity contribution is 6.30. The molecule has 0 spiro atoms. The van der Waals surface area contributed by atoms with Crippen LogP contribution in [0.25, 0.3) is 10.9 Å². The highest BCUT2D eigenvalue weighted by Gasteiger charge is 2.26. The number of amides is 1. The molecule has 0 radical (unpaired) electrons. The lowest BCUT2D eigenvalue weighted by molar-refractivity contribution is -0.131. The monoisotopic (exact) mass is 471 g/mol. The summed E-state index contributed by atoms with van der Waals surface area (Å²) < 4.78 is 2.18. The van der Waals surface area contributed by atoms with Crippen molar-refractivity contribution < 1.29 is 4.79 Å². The number of benzene rings is 3. The zero-order valence-corrected chi connectivity index (χ0v) is 20.3. The van der Waals surface area contributed by atoms with Crippen molar-refractivity contribution in [2.45, 2.75) is 18.8 Å². The van der Waals surface area contributed by atoms with Gasteiger partial charge in [0.25, 0.3) is 0 Å². The average molecular weight is 472 g/mol. The quantitative estimate of drug-likeness (QED) is 0.350. The summed E-state index contributed by atoms with van der Waals surface area (Å²) in [5.74, 6) is 0.367. The number of aryl methyl sites for hydroxylation is 1. The molecule has 174 valence electrons. The number of rotatable bonds is 6. The van der Waals surface area contributed by atoms with E-state index in [9.17, 15) is 4.79 Å². The van der Waals surface area contributed by atoms with E-state index in [1.54, 1.807) is 0 Å². The molecule has 0 aliphatic carbocycles. The van der Waals surface area contributed by atoms with Gasteiger partial charge in [-0.1, -0.05) is 66.2 Å². The second kappa shape index (κ2) is 9.94. The summed E-state index contributed by atoms with van der Waals surface area (Å²) in [7, 11) is 2.09. The zero-order chi connectivity index (χ0) is 23.5. The van der Waals surface area contributed by atoms with Gasteiger partial charge in [0.2, 0.25) is 5.91 Å². The largest absolute Gasteiger partial charge is 0.368 e. The lowest BCUT2D eigenvalue weighted by atomic mass is 9.88. The first-order valence-electron chi connectivity index (χ1n) is 11.9. The number of hydrogen-bond acceptors (Lipinski definition) is 2. The molecule has 1 fully saturated rings. The van der Waals surface area contributed by atoms with Crippen molar-refractivity contribution in [2.75, 3.05) is 31.1 Å². The second-order valence-corrected chi connectivity index (χ2v) is 9.59. The molecule has 1 aliphatic heterocycles. The lowest BCUT2D eigenvalue weighted by Gasteiger charge is -2.36. The molecule has 1 unspecified atom stereocenters. The Kier molecular flexibility index (Phi) is 6.59. The van der Waals surface area contributed by atoms with E-state index in [1.807, 2.05) is 29.2 Å². The van der Waals surface area contributed by atoms with Crippen molar-refractivity contribution in [1.29, 1.82) is 0 Å². The molecule has 4 aromatic rings. The molecule has 0 saturated carbocycles. The molecule has 34 heavy (non-hydrogen) atoms. The number of aromatic nitrogens is 1. The van der Waals surface area contributed by atoms with Crippen LogP contribution in [0.3, 0.4) is 0 Å². The van der Waals surface area contributed by atoms with Crippen LogP contribution in [0.1, 0.15) is 23.5 Å². The SMILES string of the molecule is Cn1cc(C(CC(=O)N2CCN(c3cccc(Cl)c3)CC2)Cc2ccccc2)c2ccccc21. The van der Waals surface area contributed by atoms with E-state index >= 15 is 0 Å². The highest BCUT2D eigenvalue weighted by atomic mass is 35.5. The van der Waals surface area contributed by atoms with Crippen molar-refractivity contribution in [2.24, 2.45) is 7.05 Å². The standard InChI is InChI=1S/C29H30ClN3O/c1-31-21-27(26-12-5-6-13-28(26)31)23(18-22-8-3-2-4-9-22)19-29(34)33-16-14-32(15-17-33)25-11-7-10-24(30)20-25/h2-13,20-21,23H,14-19H2,1H3. The van der Waals surface area contributed by atoms with Crippen molar-refractivity contribution in [1.82, 2.24) is 9.47 Å². The number of nitrogens with zero attached hydrogens (tertiary/aromatic N) is 3. The van der Waals surface area contributed by atoms with Gasteiger partial charge in [-0.15, -0.1) is 0 Å². The summed E-state index contributed by atoms with van der Waals surface area (Å²) in [5, 5.41) is 1.99. The Morgan fingerprint density at radius 3 is 2.41 bits per heavy atom. The van der Waals surface area contributed by atoms with Crippen LogP contribution in [0, 0.1) is 0 Å². The molecule has 5 rings (SSSR count). The smallest absolute Gasteiger partial charge is 0.223 e. The van der Waals surface area contributed by atoms with Crippen molar-refractivity contribution in [3.05, 3.63) is 101 Å². The molecular weight excluding hydrogens is 442 g/mol. The van der Waals surface area contributed by atoms with Gasteiger partial charge >= 0.3 is 0 Å². The molecule has 1 saturated heterocycles. The summed E-state index contributed by atoms with van der Waals surface area (Å²) in [6.45, 7) is 3.12. The molecular formula is C29H30ClN3O. The number of halogens is 1. The van der Waals surface area contributed by atoms with E-state index in [-0.39, 0.29) is 11.8 Å². The maximum Gasteiger partial charge on any atom is 0.223 e. The Balaban J connectivity index is 1.34. The topological polar surface area (TPSA) is 28.5 Å². The van der Waals surface area contributed by atoms with E-state index < -0.39 is 0 Å². The van der Waals surface area contributed by atoms with Crippen molar-refractivity contribution in [3.63, 3.8) is 0 Å². The van der Waals surface area contributed by atoms with Gasteiger partial charge < -0.3 is 14.4 Å². The van der Waals surface area contributed by atoms with Gasteiger partial charge in [0, 0.05) is 67.5 Å². The van der Waals surface area contributed by atoms with Crippen LogP contribution in [0.2, 0.25) is 5.02 Å². The summed E-state index contributed by atoms with van der Waals surface area (Å²) >= 11 is 6.18. The second-order valence-electron chi connectivity index (χ2n) is 9.15. The van der Waals surface area contributed by atoms with Gasteiger partial charge in [-0.25, -0.2) is 0 Å². The van der Waals surface area contributed by atoms with Gasteiger partial charge in [-0.3, -0.25) is 4.79 Å². The summed E-state index contributed by atoms with van der Waals surface area (Å²) in [6, 6.07) is 26.9. The van der Waals surface area contributed by atoms with Gasteiger partial charge in [-0.2, -0.15) is 0 Å². The van der Waals surface area contributed by atoms with Gasteiger partial charge in [0.1, 0.15) is 0 Å². The van der Waals surface area contributed by atoms with Crippen LogP contribution in [0.5, 0.6) is 0 Å². The maximum absolute atomic E-state index is 13.5.